The zero-order valence-electron chi connectivity index (χ0n) is 21.8. The van der Waals surface area contributed by atoms with E-state index >= 15 is 0 Å². The maximum Gasteiger partial charge on any atom is 0.516 e. The summed E-state index contributed by atoms with van der Waals surface area (Å²) in [5.74, 6) is -0.800. The largest absolute Gasteiger partial charge is 0.516 e. The second-order valence-electron chi connectivity index (χ2n) is 9.63. The summed E-state index contributed by atoms with van der Waals surface area (Å²) in [6.07, 6.45) is 2.97. The van der Waals surface area contributed by atoms with Crippen molar-refractivity contribution in [2.75, 3.05) is 17.8 Å². The summed E-state index contributed by atoms with van der Waals surface area (Å²) in [6, 6.07) is 12.3. The van der Waals surface area contributed by atoms with Gasteiger partial charge in [-0.05, 0) is 60.9 Å². The predicted molar refractivity (Wildman–Crippen MR) is 148 cm³/mol. The van der Waals surface area contributed by atoms with E-state index in [9.17, 15) is 36.6 Å². The number of alkyl halides is 3. The molecule has 0 spiro atoms. The molecule has 220 valence electrons. The molecule has 2 atom stereocenters. The van der Waals surface area contributed by atoms with Gasteiger partial charge in [0, 0.05) is 42.3 Å². The molecule has 0 radical (unpaired) electrons. The molecule has 15 heteroatoms. The summed E-state index contributed by atoms with van der Waals surface area (Å²) < 4.78 is 64.3. The summed E-state index contributed by atoms with van der Waals surface area (Å²) in [7, 11) is -5.60. The number of aromatic nitrogens is 1. The summed E-state index contributed by atoms with van der Waals surface area (Å²) in [4.78, 5) is 17.6. The van der Waals surface area contributed by atoms with Crippen LogP contribution in [-0.4, -0.2) is 71.3 Å². The molecule has 0 amide bonds. The van der Waals surface area contributed by atoms with Crippen molar-refractivity contribution >= 4 is 38.9 Å². The Hall–Kier alpha value is -4.08. The molecule has 0 fully saturated rings. The zero-order chi connectivity index (χ0) is 29.9. The fraction of sp³-hybridized carbons (Fsp3) is 0.308. The maximum atomic E-state index is 12.8. The number of sulfonamides is 1. The van der Waals surface area contributed by atoms with E-state index in [0.29, 0.717) is 35.3 Å². The molecular weight excluding hydrogens is 565 g/mol. The van der Waals surface area contributed by atoms with Crippen molar-refractivity contribution in [1.29, 1.82) is 0 Å². The number of nitrogens with two attached hydrogens (primary N) is 1. The Morgan fingerprint density at radius 2 is 1.93 bits per heavy atom. The number of aromatic carboxylic acids is 1. The van der Waals surface area contributed by atoms with Gasteiger partial charge in [-0.3, -0.25) is 4.72 Å². The Kier molecular flexibility index (Phi) is 8.60. The lowest BCUT2D eigenvalue weighted by atomic mass is 10.1. The first-order chi connectivity index (χ1) is 19.2. The van der Waals surface area contributed by atoms with Crippen LogP contribution >= 0.6 is 0 Å². The Morgan fingerprint density at radius 1 is 1.17 bits per heavy atom. The maximum absolute atomic E-state index is 12.8. The number of fused-ring (bicyclic) bond motifs is 1. The molecule has 1 aliphatic rings. The minimum Gasteiger partial charge on any atom is -0.477 e. The summed E-state index contributed by atoms with van der Waals surface area (Å²) in [5, 5.41) is 24.1. The minimum absolute atomic E-state index is 0.0252. The minimum atomic E-state index is -5.60. The van der Waals surface area contributed by atoms with E-state index in [2.05, 4.69) is 10.3 Å². The number of carboxylic acid groups (broad SMARTS) is 1. The number of aliphatic imine (C=N–C) groups is 1. The molecule has 6 N–H and O–H groups in total. The lowest BCUT2D eigenvalue weighted by molar-refractivity contribution is -0.0429. The van der Waals surface area contributed by atoms with Crippen LogP contribution in [0.2, 0.25) is 0 Å². The number of anilines is 1. The molecule has 11 nitrogen and oxygen atoms in total. The molecule has 0 aliphatic carbocycles. The third-order valence-corrected chi connectivity index (χ3v) is 7.56. The van der Waals surface area contributed by atoms with Gasteiger partial charge < -0.3 is 30.7 Å². The normalized spacial score (nSPS) is 15.5. The SMILES string of the molecule is CC(Cc1ccc2c(c1)cc(C(=O)O)n2Cc1cccc(NS(=O)(=O)C(F)(F)F)c1)NCC(O)N1C=NC(N)=CC1. The van der Waals surface area contributed by atoms with Crippen molar-refractivity contribution in [3.05, 3.63) is 77.2 Å². The first-order valence-electron chi connectivity index (χ1n) is 12.4. The van der Waals surface area contributed by atoms with E-state index in [-0.39, 0.29) is 30.5 Å². The molecule has 3 aromatic rings. The quantitative estimate of drug-likeness (QED) is 0.226. The number of aliphatic hydroxyl groups excluding tert-OH is 1. The number of aliphatic hydroxyl groups is 1. The smallest absolute Gasteiger partial charge is 0.477 e. The van der Waals surface area contributed by atoms with E-state index in [0.717, 1.165) is 5.56 Å². The van der Waals surface area contributed by atoms with Crippen LogP contribution in [0.15, 0.2) is 65.4 Å². The first kappa shape index (κ1) is 29.9. The number of carbonyl (C=O) groups is 1. The van der Waals surface area contributed by atoms with E-state index < -0.39 is 27.7 Å². The van der Waals surface area contributed by atoms with Gasteiger partial charge in [0.2, 0.25) is 0 Å². The van der Waals surface area contributed by atoms with Crippen LogP contribution in [0.1, 0.15) is 28.5 Å². The molecule has 1 aromatic heterocycles. The number of hydrogen-bond donors (Lipinski definition) is 5. The van der Waals surface area contributed by atoms with Gasteiger partial charge in [-0.15, -0.1) is 0 Å². The zero-order valence-corrected chi connectivity index (χ0v) is 22.7. The van der Waals surface area contributed by atoms with Crippen LogP contribution in [0.5, 0.6) is 0 Å². The summed E-state index contributed by atoms with van der Waals surface area (Å²) in [6.45, 7) is 2.65. The Bertz CT molecular complexity index is 1600. The number of rotatable bonds is 11. The Balaban J connectivity index is 1.48. The van der Waals surface area contributed by atoms with Crippen LogP contribution in [0.25, 0.3) is 10.9 Å². The van der Waals surface area contributed by atoms with Crippen molar-refractivity contribution in [1.82, 2.24) is 14.8 Å². The van der Waals surface area contributed by atoms with Crippen LogP contribution in [0.3, 0.4) is 0 Å². The molecule has 2 aromatic carbocycles. The van der Waals surface area contributed by atoms with Crippen LogP contribution in [0, 0.1) is 0 Å². The number of benzene rings is 2. The van der Waals surface area contributed by atoms with E-state index in [4.69, 9.17) is 5.73 Å². The van der Waals surface area contributed by atoms with Crippen molar-refractivity contribution in [3.63, 3.8) is 0 Å². The van der Waals surface area contributed by atoms with Gasteiger partial charge in [-0.25, -0.2) is 9.79 Å². The lowest BCUT2D eigenvalue weighted by Crippen LogP contribution is -2.45. The molecular formula is C26H29F3N6O5S. The number of nitrogens with zero attached hydrogens (tertiary/aromatic N) is 3. The van der Waals surface area contributed by atoms with E-state index in [1.54, 1.807) is 23.1 Å². The molecule has 2 unspecified atom stereocenters. The Labute approximate surface area is 233 Å². The number of carboxylic acids is 1. The fourth-order valence-corrected chi connectivity index (χ4v) is 4.96. The molecule has 4 rings (SSSR count). The highest BCUT2D eigenvalue weighted by Gasteiger charge is 2.46. The fourth-order valence-electron chi connectivity index (χ4n) is 4.41. The van der Waals surface area contributed by atoms with Gasteiger partial charge in [0.05, 0.1) is 6.34 Å². The topological polar surface area (TPSA) is 162 Å². The van der Waals surface area contributed by atoms with E-state index in [1.807, 2.05) is 19.1 Å². The van der Waals surface area contributed by atoms with Crippen molar-refractivity contribution < 1.29 is 36.6 Å². The van der Waals surface area contributed by atoms with Crippen LogP contribution in [-0.2, 0) is 23.0 Å². The van der Waals surface area contributed by atoms with Crippen molar-refractivity contribution in [2.45, 2.75) is 37.7 Å². The highest BCUT2D eigenvalue weighted by molar-refractivity contribution is 7.93. The van der Waals surface area contributed by atoms with Crippen molar-refractivity contribution in [3.8, 4) is 0 Å². The highest BCUT2D eigenvalue weighted by Crippen LogP contribution is 2.27. The van der Waals surface area contributed by atoms with Gasteiger partial charge >= 0.3 is 21.5 Å². The molecule has 2 heterocycles. The Morgan fingerprint density at radius 3 is 2.59 bits per heavy atom. The van der Waals surface area contributed by atoms with Crippen LogP contribution in [0.4, 0.5) is 18.9 Å². The molecule has 0 saturated carbocycles. The molecule has 0 saturated heterocycles. The highest BCUT2D eigenvalue weighted by atomic mass is 32.2. The third kappa shape index (κ3) is 7.17. The van der Waals surface area contributed by atoms with Crippen molar-refractivity contribution in [2.24, 2.45) is 10.7 Å². The summed E-state index contributed by atoms with van der Waals surface area (Å²) >= 11 is 0. The van der Waals surface area contributed by atoms with Gasteiger partial charge in [0.1, 0.15) is 17.7 Å². The monoisotopic (exact) mass is 594 g/mol. The lowest BCUT2D eigenvalue weighted by Gasteiger charge is -2.27. The molecule has 1 aliphatic heterocycles. The van der Waals surface area contributed by atoms with Gasteiger partial charge in [0.25, 0.3) is 0 Å². The third-order valence-electron chi connectivity index (χ3n) is 6.45. The van der Waals surface area contributed by atoms with Gasteiger partial charge in [-0.1, -0.05) is 18.2 Å². The van der Waals surface area contributed by atoms with E-state index in [1.165, 1.54) is 39.9 Å². The molecule has 0 bridgehead atoms. The van der Waals surface area contributed by atoms with Gasteiger partial charge in [0.15, 0.2) is 0 Å². The second-order valence-corrected chi connectivity index (χ2v) is 11.3. The standard InChI is InChI=1S/C26H29F3N6O5S/c1-16(31-13-24(36)34-8-7-23(30)32-15-34)9-17-5-6-21-19(10-17)12-22(25(37)38)35(21)14-18-3-2-4-20(11-18)33-41(39,40)26(27,28)29/h2-7,10-12,15-16,24,31,33,36H,8-9,13-14,30H2,1H3,(H,37,38). The average Bonchev–Trinajstić information content (AvgIpc) is 3.24. The average molecular weight is 595 g/mol. The summed E-state index contributed by atoms with van der Waals surface area (Å²) in [5.41, 5.74) is 1.68. The number of hydrogen-bond acceptors (Lipinski definition) is 8. The number of halogens is 3. The second kappa shape index (κ2) is 11.8. The van der Waals surface area contributed by atoms with Crippen LogP contribution < -0.4 is 15.8 Å². The molecule has 41 heavy (non-hydrogen) atoms. The first-order valence-corrected chi connectivity index (χ1v) is 13.9. The van der Waals surface area contributed by atoms with Gasteiger partial charge in [-0.2, -0.15) is 21.6 Å². The predicted octanol–water partition coefficient (Wildman–Crippen LogP) is 2.63. The number of nitrogens with one attached hydrogen (secondary N) is 2.